The summed E-state index contributed by atoms with van der Waals surface area (Å²) in [5, 5.41) is 13.6. The fraction of sp³-hybridized carbons (Fsp3) is 0.300. The van der Waals surface area contributed by atoms with Crippen LogP contribution in [0, 0.1) is 0 Å². The van der Waals surface area contributed by atoms with Crippen LogP contribution in [0.2, 0.25) is 0 Å². The number of aromatic nitrogens is 2. The minimum atomic E-state index is -0.115. The Labute approximate surface area is 121 Å². The van der Waals surface area contributed by atoms with Crippen LogP contribution in [-0.4, -0.2) is 35.1 Å². The van der Waals surface area contributed by atoms with Crippen molar-refractivity contribution in [3.05, 3.63) is 25.8 Å². The molecule has 1 amide bonds. The molecule has 0 aliphatic heterocycles. The molecular weight excluding hydrogens is 336 g/mol. The molecule has 2 rings (SSSR count). The second-order valence-electron chi connectivity index (χ2n) is 3.58. The molecule has 2 heterocycles. The Morgan fingerprint density at radius 2 is 2.33 bits per heavy atom. The highest BCUT2D eigenvalue weighted by atomic mass is 79.9. The van der Waals surface area contributed by atoms with Crippen LogP contribution in [0.5, 0.6) is 0 Å². The Kier molecular flexibility index (Phi) is 4.31. The third-order valence-corrected chi connectivity index (χ3v) is 4.69. The lowest BCUT2D eigenvalue weighted by Crippen LogP contribution is -2.25. The average Bonchev–Trinajstić information content (AvgIpc) is 2.97. The second-order valence-corrected chi connectivity index (χ2v) is 6.85. The summed E-state index contributed by atoms with van der Waals surface area (Å²) in [5.41, 5.74) is 1.10. The van der Waals surface area contributed by atoms with Crippen molar-refractivity contribution in [1.82, 2.24) is 15.1 Å². The van der Waals surface area contributed by atoms with E-state index in [9.17, 15) is 4.79 Å². The molecule has 0 saturated carbocycles. The number of amides is 1. The topological polar surface area (TPSA) is 58.1 Å². The SMILES string of the molecule is CNc1nnc(C(=O)N(C)Cc2csc(Br)c2)s1. The van der Waals surface area contributed by atoms with E-state index in [1.165, 1.54) is 11.3 Å². The van der Waals surface area contributed by atoms with E-state index in [1.54, 1.807) is 30.3 Å². The van der Waals surface area contributed by atoms with E-state index in [1.807, 2.05) is 11.4 Å². The molecule has 8 heteroatoms. The highest BCUT2D eigenvalue weighted by Gasteiger charge is 2.17. The fourth-order valence-electron chi connectivity index (χ4n) is 1.35. The van der Waals surface area contributed by atoms with Gasteiger partial charge in [-0.3, -0.25) is 4.79 Å². The van der Waals surface area contributed by atoms with Gasteiger partial charge in [0.15, 0.2) is 0 Å². The lowest BCUT2D eigenvalue weighted by molar-refractivity contribution is 0.0784. The van der Waals surface area contributed by atoms with Crippen molar-refractivity contribution < 1.29 is 4.79 Å². The Bertz CT molecular complexity index is 554. The smallest absolute Gasteiger partial charge is 0.284 e. The Hall–Kier alpha value is -0.990. The summed E-state index contributed by atoms with van der Waals surface area (Å²) in [7, 11) is 3.51. The van der Waals surface area contributed by atoms with Crippen molar-refractivity contribution in [3.63, 3.8) is 0 Å². The molecule has 0 unspecified atom stereocenters. The third-order valence-electron chi connectivity index (χ3n) is 2.21. The fourth-order valence-corrected chi connectivity index (χ4v) is 3.24. The van der Waals surface area contributed by atoms with Gasteiger partial charge in [0.25, 0.3) is 5.91 Å². The van der Waals surface area contributed by atoms with Gasteiger partial charge in [0, 0.05) is 20.6 Å². The summed E-state index contributed by atoms with van der Waals surface area (Å²) in [6.45, 7) is 0.565. The van der Waals surface area contributed by atoms with Gasteiger partial charge >= 0.3 is 0 Å². The van der Waals surface area contributed by atoms with Crippen LogP contribution in [0.15, 0.2) is 15.2 Å². The zero-order valence-corrected chi connectivity index (χ0v) is 13.0. The van der Waals surface area contributed by atoms with E-state index < -0.39 is 0 Å². The summed E-state index contributed by atoms with van der Waals surface area (Å²) in [6.07, 6.45) is 0. The number of thiophene rings is 1. The highest BCUT2D eigenvalue weighted by Crippen LogP contribution is 2.22. The summed E-state index contributed by atoms with van der Waals surface area (Å²) in [5.74, 6) is -0.115. The maximum absolute atomic E-state index is 12.1. The van der Waals surface area contributed by atoms with Gasteiger partial charge in [-0.1, -0.05) is 11.3 Å². The minimum absolute atomic E-state index is 0.115. The number of carbonyl (C=O) groups excluding carboxylic acids is 1. The number of anilines is 1. The van der Waals surface area contributed by atoms with Crippen LogP contribution >= 0.6 is 38.6 Å². The van der Waals surface area contributed by atoms with Gasteiger partial charge in [0.2, 0.25) is 10.1 Å². The van der Waals surface area contributed by atoms with Crippen LogP contribution in [0.1, 0.15) is 15.4 Å². The lowest BCUT2D eigenvalue weighted by Gasteiger charge is -2.14. The first kappa shape index (κ1) is 13.4. The van der Waals surface area contributed by atoms with Crippen LogP contribution in [0.25, 0.3) is 0 Å². The summed E-state index contributed by atoms with van der Waals surface area (Å²) in [4.78, 5) is 13.7. The van der Waals surface area contributed by atoms with Gasteiger partial charge in [-0.15, -0.1) is 21.5 Å². The number of nitrogens with zero attached hydrogens (tertiary/aromatic N) is 3. The van der Waals surface area contributed by atoms with Crippen LogP contribution in [0.4, 0.5) is 5.13 Å². The number of carbonyl (C=O) groups is 1. The Balaban J connectivity index is 2.04. The monoisotopic (exact) mass is 346 g/mol. The quantitative estimate of drug-likeness (QED) is 0.924. The maximum atomic E-state index is 12.1. The molecule has 0 saturated heterocycles. The summed E-state index contributed by atoms with van der Waals surface area (Å²) < 4.78 is 1.06. The minimum Gasteiger partial charge on any atom is -0.363 e. The van der Waals surface area contributed by atoms with Crippen LogP contribution < -0.4 is 5.32 Å². The third kappa shape index (κ3) is 3.06. The van der Waals surface area contributed by atoms with Gasteiger partial charge in [0.05, 0.1) is 3.79 Å². The first-order chi connectivity index (χ1) is 8.60. The average molecular weight is 347 g/mol. The number of halogens is 1. The van der Waals surface area contributed by atoms with Crippen molar-refractivity contribution in [1.29, 1.82) is 0 Å². The predicted molar refractivity (Wildman–Crippen MR) is 77.3 cm³/mol. The molecule has 0 aromatic carbocycles. The number of hydrogen-bond donors (Lipinski definition) is 1. The molecule has 96 valence electrons. The number of hydrogen-bond acceptors (Lipinski definition) is 6. The van der Waals surface area contributed by atoms with Crippen molar-refractivity contribution in [2.24, 2.45) is 0 Å². The standard InChI is InChI=1S/C10H11BrN4OS2/c1-12-10-14-13-8(18-10)9(16)15(2)4-6-3-7(11)17-5-6/h3,5H,4H2,1-2H3,(H,12,14). The van der Waals surface area contributed by atoms with Crippen molar-refractivity contribution in [2.75, 3.05) is 19.4 Å². The normalized spacial score (nSPS) is 10.4. The predicted octanol–water partition coefficient (Wildman–Crippen LogP) is 2.68. The molecule has 2 aromatic heterocycles. The van der Waals surface area contributed by atoms with Gasteiger partial charge in [0.1, 0.15) is 0 Å². The zero-order valence-electron chi connectivity index (χ0n) is 9.81. The van der Waals surface area contributed by atoms with E-state index >= 15 is 0 Å². The highest BCUT2D eigenvalue weighted by molar-refractivity contribution is 9.11. The molecule has 18 heavy (non-hydrogen) atoms. The molecular formula is C10H11BrN4OS2. The molecule has 0 fully saturated rings. The lowest BCUT2D eigenvalue weighted by atomic mass is 10.3. The second kappa shape index (κ2) is 5.77. The number of rotatable bonds is 4. The molecule has 0 radical (unpaired) electrons. The first-order valence-corrected chi connectivity index (χ1v) is 7.58. The first-order valence-electron chi connectivity index (χ1n) is 5.10. The van der Waals surface area contributed by atoms with Gasteiger partial charge in [-0.25, -0.2) is 0 Å². The van der Waals surface area contributed by atoms with E-state index in [2.05, 4.69) is 31.4 Å². The van der Waals surface area contributed by atoms with Crippen molar-refractivity contribution in [2.45, 2.75) is 6.54 Å². The van der Waals surface area contributed by atoms with E-state index in [0.29, 0.717) is 16.7 Å². The number of nitrogens with one attached hydrogen (secondary N) is 1. The molecule has 0 aliphatic carbocycles. The molecule has 0 spiro atoms. The molecule has 0 atom stereocenters. The van der Waals surface area contributed by atoms with Crippen LogP contribution in [-0.2, 0) is 6.54 Å². The Morgan fingerprint density at radius 1 is 1.56 bits per heavy atom. The van der Waals surface area contributed by atoms with Crippen LogP contribution in [0.3, 0.4) is 0 Å². The van der Waals surface area contributed by atoms with E-state index in [0.717, 1.165) is 9.35 Å². The largest absolute Gasteiger partial charge is 0.363 e. The van der Waals surface area contributed by atoms with Gasteiger partial charge in [-0.2, -0.15) is 0 Å². The van der Waals surface area contributed by atoms with E-state index in [4.69, 9.17) is 0 Å². The molecule has 0 aliphatic rings. The molecule has 5 nitrogen and oxygen atoms in total. The summed E-state index contributed by atoms with van der Waals surface area (Å²) in [6, 6.07) is 2.01. The zero-order chi connectivity index (χ0) is 13.1. The Morgan fingerprint density at radius 3 is 2.89 bits per heavy atom. The molecule has 0 bridgehead atoms. The van der Waals surface area contributed by atoms with Crippen molar-refractivity contribution >= 4 is 49.6 Å². The maximum Gasteiger partial charge on any atom is 0.284 e. The molecule has 2 aromatic rings. The summed E-state index contributed by atoms with van der Waals surface area (Å²) >= 11 is 6.26. The molecule has 1 N–H and O–H groups in total. The van der Waals surface area contributed by atoms with Gasteiger partial charge < -0.3 is 10.2 Å². The van der Waals surface area contributed by atoms with E-state index in [-0.39, 0.29) is 5.91 Å². The van der Waals surface area contributed by atoms with Crippen molar-refractivity contribution in [3.8, 4) is 0 Å². The van der Waals surface area contributed by atoms with Gasteiger partial charge in [-0.05, 0) is 32.9 Å².